The molecular formula is C12H17ClN6O. The lowest BCUT2D eigenvalue weighted by Gasteiger charge is -2.18. The zero-order chi connectivity index (χ0) is 14.5. The van der Waals surface area contributed by atoms with Gasteiger partial charge in [-0.15, -0.1) is 0 Å². The van der Waals surface area contributed by atoms with Crippen molar-refractivity contribution in [2.24, 2.45) is 0 Å². The van der Waals surface area contributed by atoms with Crippen molar-refractivity contribution in [3.8, 4) is 0 Å². The third-order valence-electron chi connectivity index (χ3n) is 2.75. The summed E-state index contributed by atoms with van der Waals surface area (Å²) in [5, 5.41) is 7.12. The predicted octanol–water partition coefficient (Wildman–Crippen LogP) is 2.28. The lowest BCUT2D eigenvalue weighted by Crippen LogP contribution is -2.25. The summed E-state index contributed by atoms with van der Waals surface area (Å²) in [4.78, 5) is 14.5. The van der Waals surface area contributed by atoms with E-state index in [1.165, 1.54) is 0 Å². The molecule has 2 aromatic heterocycles. The summed E-state index contributed by atoms with van der Waals surface area (Å²) < 4.78 is 5.00. The van der Waals surface area contributed by atoms with E-state index in [9.17, 15) is 0 Å². The highest BCUT2D eigenvalue weighted by atomic mass is 35.5. The fourth-order valence-corrected chi connectivity index (χ4v) is 1.89. The van der Waals surface area contributed by atoms with Gasteiger partial charge in [0, 0.05) is 19.2 Å². The van der Waals surface area contributed by atoms with E-state index in [0.717, 1.165) is 24.5 Å². The molecule has 0 aromatic carbocycles. The maximum Gasteiger partial charge on any atom is 0.231 e. The second kappa shape index (κ2) is 6.51. The van der Waals surface area contributed by atoms with Gasteiger partial charge in [-0.2, -0.15) is 15.0 Å². The van der Waals surface area contributed by atoms with E-state index in [1.54, 1.807) is 0 Å². The highest BCUT2D eigenvalue weighted by Crippen LogP contribution is 2.14. The van der Waals surface area contributed by atoms with Crippen LogP contribution in [0.15, 0.2) is 10.6 Å². The monoisotopic (exact) mass is 296 g/mol. The molecule has 108 valence electrons. The minimum atomic E-state index is 0.167. The Hall–Kier alpha value is -1.89. The Morgan fingerprint density at radius 2 is 2.00 bits per heavy atom. The van der Waals surface area contributed by atoms with Gasteiger partial charge in [-0.05, 0) is 32.4 Å². The molecule has 2 rings (SSSR count). The minimum Gasteiger partial charge on any atom is -0.361 e. The predicted molar refractivity (Wildman–Crippen MR) is 77.0 cm³/mol. The summed E-state index contributed by atoms with van der Waals surface area (Å²) in [6, 6.07) is 1.85. The van der Waals surface area contributed by atoms with Crippen LogP contribution in [0, 0.1) is 6.92 Å². The Morgan fingerprint density at radius 1 is 1.25 bits per heavy atom. The Bertz CT molecular complexity index is 569. The van der Waals surface area contributed by atoms with Crippen LogP contribution in [0.25, 0.3) is 0 Å². The van der Waals surface area contributed by atoms with Crippen LogP contribution in [0.3, 0.4) is 0 Å². The fraction of sp³-hybridized carbons (Fsp3) is 0.500. The van der Waals surface area contributed by atoms with Gasteiger partial charge in [-0.3, -0.25) is 0 Å². The summed E-state index contributed by atoms with van der Waals surface area (Å²) in [6.45, 7) is 7.99. The van der Waals surface area contributed by atoms with Gasteiger partial charge in [0.15, 0.2) is 0 Å². The van der Waals surface area contributed by atoms with E-state index < -0.39 is 0 Å². The number of hydrogen-bond donors (Lipinski definition) is 1. The van der Waals surface area contributed by atoms with Crippen molar-refractivity contribution in [1.29, 1.82) is 0 Å². The normalized spacial score (nSPS) is 10.6. The molecule has 0 amide bonds. The van der Waals surface area contributed by atoms with Crippen molar-refractivity contribution >= 4 is 23.5 Å². The minimum absolute atomic E-state index is 0.167. The molecule has 0 saturated carbocycles. The van der Waals surface area contributed by atoms with Crippen LogP contribution < -0.4 is 10.2 Å². The molecule has 0 bridgehead atoms. The first kappa shape index (κ1) is 14.5. The highest BCUT2D eigenvalue weighted by molar-refractivity contribution is 6.28. The summed E-state index contributed by atoms with van der Waals surface area (Å²) in [5.41, 5.74) is 0.781. The summed E-state index contributed by atoms with van der Waals surface area (Å²) in [6.07, 6.45) is 0. The van der Waals surface area contributed by atoms with Crippen molar-refractivity contribution in [2.75, 3.05) is 23.3 Å². The molecule has 0 aliphatic carbocycles. The van der Waals surface area contributed by atoms with Crippen LogP contribution in [-0.2, 0) is 6.54 Å². The van der Waals surface area contributed by atoms with Gasteiger partial charge >= 0.3 is 0 Å². The molecule has 0 aliphatic rings. The Morgan fingerprint density at radius 3 is 2.60 bits per heavy atom. The van der Waals surface area contributed by atoms with Crippen molar-refractivity contribution in [2.45, 2.75) is 27.3 Å². The number of hydrogen-bond acceptors (Lipinski definition) is 7. The largest absolute Gasteiger partial charge is 0.361 e. The van der Waals surface area contributed by atoms with Gasteiger partial charge < -0.3 is 14.7 Å². The molecule has 0 saturated heterocycles. The van der Waals surface area contributed by atoms with Crippen molar-refractivity contribution in [1.82, 2.24) is 20.1 Å². The standard InChI is InChI=1S/C12H17ClN6O/c1-4-19(5-2)12-16-10(13)15-11(17-12)14-7-9-6-8(3)20-18-9/h6H,4-5,7H2,1-3H3,(H,14,15,16,17). The average Bonchev–Trinajstić information content (AvgIpc) is 2.83. The molecule has 0 aliphatic heterocycles. The number of halogens is 1. The van der Waals surface area contributed by atoms with E-state index >= 15 is 0 Å². The van der Waals surface area contributed by atoms with Gasteiger partial charge in [0.1, 0.15) is 11.5 Å². The average molecular weight is 297 g/mol. The van der Waals surface area contributed by atoms with Gasteiger partial charge in [0.25, 0.3) is 0 Å². The Balaban J connectivity index is 2.11. The molecule has 2 heterocycles. The molecule has 1 N–H and O–H groups in total. The first-order chi connectivity index (χ1) is 9.62. The molecule has 0 spiro atoms. The molecule has 7 nitrogen and oxygen atoms in total. The summed E-state index contributed by atoms with van der Waals surface area (Å²) in [5.74, 6) is 1.75. The molecule has 0 atom stereocenters. The van der Waals surface area contributed by atoms with Crippen LogP contribution in [0.4, 0.5) is 11.9 Å². The number of rotatable bonds is 6. The zero-order valence-corrected chi connectivity index (χ0v) is 12.5. The Labute approximate surface area is 122 Å². The number of nitrogens with one attached hydrogen (secondary N) is 1. The summed E-state index contributed by atoms with van der Waals surface area (Å²) >= 11 is 5.93. The van der Waals surface area contributed by atoms with Crippen LogP contribution in [0.1, 0.15) is 25.3 Å². The van der Waals surface area contributed by atoms with Crippen LogP contribution in [-0.4, -0.2) is 33.2 Å². The topological polar surface area (TPSA) is 80.0 Å². The van der Waals surface area contributed by atoms with Crippen LogP contribution in [0.2, 0.25) is 5.28 Å². The number of anilines is 2. The molecule has 0 fully saturated rings. The van der Waals surface area contributed by atoms with Crippen molar-refractivity contribution < 1.29 is 4.52 Å². The lowest BCUT2D eigenvalue weighted by atomic mass is 10.4. The van der Waals surface area contributed by atoms with Crippen molar-refractivity contribution in [3.63, 3.8) is 0 Å². The molecule has 0 radical (unpaired) electrons. The maximum absolute atomic E-state index is 5.93. The van der Waals surface area contributed by atoms with E-state index in [2.05, 4.69) is 25.4 Å². The van der Waals surface area contributed by atoms with Gasteiger partial charge in [0.2, 0.25) is 17.2 Å². The maximum atomic E-state index is 5.93. The van der Waals surface area contributed by atoms with Crippen LogP contribution >= 0.6 is 11.6 Å². The number of aromatic nitrogens is 4. The first-order valence-corrected chi connectivity index (χ1v) is 6.82. The molecule has 2 aromatic rings. The molecular weight excluding hydrogens is 280 g/mol. The van der Waals surface area contributed by atoms with Gasteiger partial charge in [-0.25, -0.2) is 0 Å². The van der Waals surface area contributed by atoms with E-state index in [-0.39, 0.29) is 5.28 Å². The van der Waals surface area contributed by atoms with Gasteiger partial charge in [-0.1, -0.05) is 5.16 Å². The smallest absolute Gasteiger partial charge is 0.231 e. The second-order valence-electron chi connectivity index (χ2n) is 4.18. The van der Waals surface area contributed by atoms with Crippen LogP contribution in [0.5, 0.6) is 0 Å². The SMILES string of the molecule is CCN(CC)c1nc(Cl)nc(NCc2cc(C)on2)n1. The fourth-order valence-electron chi connectivity index (χ4n) is 1.74. The number of nitrogens with zero attached hydrogens (tertiary/aromatic N) is 5. The zero-order valence-electron chi connectivity index (χ0n) is 11.7. The quantitative estimate of drug-likeness (QED) is 0.876. The first-order valence-electron chi connectivity index (χ1n) is 6.45. The summed E-state index contributed by atoms with van der Waals surface area (Å²) in [7, 11) is 0. The third-order valence-corrected chi connectivity index (χ3v) is 2.92. The molecule has 8 heteroatoms. The Kier molecular flexibility index (Phi) is 4.73. The number of aryl methyl sites for hydroxylation is 1. The van der Waals surface area contributed by atoms with E-state index in [4.69, 9.17) is 16.1 Å². The lowest BCUT2D eigenvalue weighted by molar-refractivity contribution is 0.391. The highest BCUT2D eigenvalue weighted by Gasteiger charge is 2.10. The molecule has 20 heavy (non-hydrogen) atoms. The van der Waals surface area contributed by atoms with E-state index in [1.807, 2.05) is 31.7 Å². The second-order valence-corrected chi connectivity index (χ2v) is 4.52. The van der Waals surface area contributed by atoms with Crippen molar-refractivity contribution in [3.05, 3.63) is 22.8 Å². The molecule has 0 unspecified atom stereocenters. The third kappa shape index (κ3) is 3.57. The van der Waals surface area contributed by atoms with E-state index in [0.29, 0.717) is 18.4 Å². The van der Waals surface area contributed by atoms with Gasteiger partial charge in [0.05, 0.1) is 6.54 Å².